The van der Waals surface area contributed by atoms with Gasteiger partial charge in [-0.1, -0.05) is 30.3 Å². The van der Waals surface area contributed by atoms with Gasteiger partial charge in [0.1, 0.15) is 0 Å². The fourth-order valence-electron chi connectivity index (χ4n) is 2.33. The van der Waals surface area contributed by atoms with Crippen LogP contribution in [0, 0.1) is 0 Å². The van der Waals surface area contributed by atoms with E-state index in [1.165, 1.54) is 24.3 Å². The first-order chi connectivity index (χ1) is 10.1. The Kier molecular flexibility index (Phi) is 5.64. The Balaban J connectivity index is 1.73. The number of carbonyl (C=O) groups is 1. The fourth-order valence-corrected chi connectivity index (χ4v) is 2.33. The van der Waals surface area contributed by atoms with Crippen molar-refractivity contribution in [2.75, 3.05) is 39.3 Å². The molecule has 1 aliphatic heterocycles. The summed E-state index contributed by atoms with van der Waals surface area (Å²) in [6.07, 6.45) is 0.677. The van der Waals surface area contributed by atoms with Gasteiger partial charge < -0.3 is 15.5 Å². The summed E-state index contributed by atoms with van der Waals surface area (Å²) < 4.78 is 27.8. The number of hydrogen-bond donors (Lipinski definition) is 2. The molecular formula is C15H21F2N3O. The summed E-state index contributed by atoms with van der Waals surface area (Å²) in [5.41, 5.74) is -0.274. The van der Waals surface area contributed by atoms with Crippen LogP contribution in [-0.2, 0) is 10.7 Å². The number of halogens is 2. The van der Waals surface area contributed by atoms with Gasteiger partial charge in [-0.25, -0.2) is 0 Å². The van der Waals surface area contributed by atoms with E-state index >= 15 is 0 Å². The van der Waals surface area contributed by atoms with Gasteiger partial charge in [-0.2, -0.15) is 8.78 Å². The molecule has 1 aliphatic rings. The van der Waals surface area contributed by atoms with Crippen LogP contribution in [0.25, 0.3) is 0 Å². The highest BCUT2D eigenvalue weighted by Gasteiger charge is 2.40. The fraction of sp³-hybridized carbons (Fsp3) is 0.533. The summed E-state index contributed by atoms with van der Waals surface area (Å²) >= 11 is 0. The molecule has 0 atom stereocenters. The SMILES string of the molecule is O=C(NCCCN1CCNCC1)C(F)(F)c1ccccc1. The van der Waals surface area contributed by atoms with Crippen molar-refractivity contribution < 1.29 is 13.6 Å². The minimum atomic E-state index is -3.48. The molecule has 116 valence electrons. The molecule has 1 aromatic carbocycles. The third kappa shape index (κ3) is 4.47. The van der Waals surface area contributed by atoms with E-state index in [0.29, 0.717) is 6.42 Å². The van der Waals surface area contributed by atoms with Crippen LogP contribution in [0.3, 0.4) is 0 Å². The van der Waals surface area contributed by atoms with Gasteiger partial charge in [0.25, 0.3) is 5.91 Å². The molecule has 0 radical (unpaired) electrons. The van der Waals surface area contributed by atoms with Crippen molar-refractivity contribution in [2.24, 2.45) is 0 Å². The first-order valence-corrected chi connectivity index (χ1v) is 7.25. The lowest BCUT2D eigenvalue weighted by Crippen LogP contribution is -2.44. The number of hydrogen-bond acceptors (Lipinski definition) is 3. The maximum Gasteiger partial charge on any atom is 0.349 e. The summed E-state index contributed by atoms with van der Waals surface area (Å²) in [5.74, 6) is -4.70. The molecular weight excluding hydrogens is 276 g/mol. The van der Waals surface area contributed by atoms with Crippen molar-refractivity contribution in [1.29, 1.82) is 0 Å². The van der Waals surface area contributed by atoms with Gasteiger partial charge in [0.15, 0.2) is 0 Å². The van der Waals surface area contributed by atoms with Crippen LogP contribution in [-0.4, -0.2) is 50.1 Å². The van der Waals surface area contributed by atoms with Crippen molar-refractivity contribution in [3.8, 4) is 0 Å². The van der Waals surface area contributed by atoms with Gasteiger partial charge in [-0.15, -0.1) is 0 Å². The largest absolute Gasteiger partial charge is 0.351 e. The van der Waals surface area contributed by atoms with Gasteiger partial charge >= 0.3 is 5.92 Å². The Bertz CT molecular complexity index is 447. The number of carbonyl (C=O) groups excluding carboxylic acids is 1. The van der Waals surface area contributed by atoms with E-state index in [4.69, 9.17) is 0 Å². The minimum absolute atomic E-state index is 0.269. The molecule has 1 heterocycles. The molecule has 0 bridgehead atoms. The summed E-state index contributed by atoms with van der Waals surface area (Å²) in [5, 5.41) is 5.58. The summed E-state index contributed by atoms with van der Waals surface area (Å²) in [4.78, 5) is 13.9. The Morgan fingerprint density at radius 1 is 1.24 bits per heavy atom. The number of piperazine rings is 1. The number of nitrogens with one attached hydrogen (secondary N) is 2. The zero-order valence-electron chi connectivity index (χ0n) is 11.9. The number of rotatable bonds is 6. The van der Waals surface area contributed by atoms with Crippen molar-refractivity contribution in [3.05, 3.63) is 35.9 Å². The molecule has 1 amide bonds. The van der Waals surface area contributed by atoms with Crippen LogP contribution in [0.15, 0.2) is 30.3 Å². The highest BCUT2D eigenvalue weighted by Crippen LogP contribution is 2.27. The molecule has 0 saturated carbocycles. The van der Waals surface area contributed by atoms with E-state index in [-0.39, 0.29) is 12.1 Å². The van der Waals surface area contributed by atoms with Gasteiger partial charge in [0.05, 0.1) is 0 Å². The summed E-state index contributed by atoms with van der Waals surface area (Å²) in [7, 11) is 0. The monoisotopic (exact) mass is 297 g/mol. The van der Waals surface area contributed by atoms with Crippen LogP contribution in [0.1, 0.15) is 12.0 Å². The summed E-state index contributed by atoms with van der Waals surface area (Å²) in [6.45, 7) is 4.93. The van der Waals surface area contributed by atoms with Crippen LogP contribution in [0.2, 0.25) is 0 Å². The Morgan fingerprint density at radius 3 is 2.57 bits per heavy atom. The average molecular weight is 297 g/mol. The second-order valence-corrected chi connectivity index (χ2v) is 5.14. The van der Waals surface area contributed by atoms with Crippen LogP contribution >= 0.6 is 0 Å². The van der Waals surface area contributed by atoms with Crippen LogP contribution in [0.5, 0.6) is 0 Å². The molecule has 0 aromatic heterocycles. The zero-order chi connectivity index (χ0) is 15.1. The quantitative estimate of drug-likeness (QED) is 0.775. The van der Waals surface area contributed by atoms with Crippen molar-refractivity contribution in [3.63, 3.8) is 0 Å². The van der Waals surface area contributed by atoms with Gasteiger partial charge in [-0.05, 0) is 13.0 Å². The van der Waals surface area contributed by atoms with E-state index in [1.807, 2.05) is 0 Å². The molecule has 6 heteroatoms. The Morgan fingerprint density at radius 2 is 1.90 bits per heavy atom. The van der Waals surface area contributed by atoms with Gasteiger partial charge in [0.2, 0.25) is 0 Å². The zero-order valence-corrected chi connectivity index (χ0v) is 11.9. The second kappa shape index (κ2) is 7.47. The van der Waals surface area contributed by atoms with Gasteiger partial charge in [0, 0.05) is 38.3 Å². The molecule has 0 spiro atoms. The molecule has 21 heavy (non-hydrogen) atoms. The van der Waals surface area contributed by atoms with E-state index in [1.54, 1.807) is 6.07 Å². The van der Waals surface area contributed by atoms with Crippen molar-refractivity contribution >= 4 is 5.91 Å². The Labute approximate surface area is 123 Å². The van der Waals surface area contributed by atoms with Crippen molar-refractivity contribution in [1.82, 2.24) is 15.5 Å². The third-order valence-corrected chi connectivity index (χ3v) is 3.57. The lowest BCUT2D eigenvalue weighted by atomic mass is 10.1. The summed E-state index contributed by atoms with van der Waals surface area (Å²) in [6, 6.07) is 7.17. The maximum absolute atomic E-state index is 13.9. The number of benzene rings is 1. The molecule has 0 unspecified atom stereocenters. The average Bonchev–Trinajstić information content (AvgIpc) is 2.53. The Hall–Kier alpha value is -1.53. The van der Waals surface area contributed by atoms with Crippen LogP contribution < -0.4 is 10.6 Å². The van der Waals surface area contributed by atoms with E-state index in [0.717, 1.165) is 32.7 Å². The number of nitrogens with zero attached hydrogens (tertiary/aromatic N) is 1. The number of alkyl halides is 2. The van der Waals surface area contributed by atoms with Gasteiger partial charge in [-0.3, -0.25) is 4.79 Å². The van der Waals surface area contributed by atoms with E-state index in [2.05, 4.69) is 15.5 Å². The standard InChI is InChI=1S/C15H21F2N3O/c16-15(17,13-5-2-1-3-6-13)14(21)19-7-4-10-20-11-8-18-9-12-20/h1-3,5-6,18H,4,7-12H2,(H,19,21). The van der Waals surface area contributed by atoms with E-state index < -0.39 is 11.8 Å². The number of amides is 1. The molecule has 0 aliphatic carbocycles. The highest BCUT2D eigenvalue weighted by molar-refractivity contribution is 5.84. The predicted octanol–water partition coefficient (Wildman–Crippen LogP) is 1.19. The van der Waals surface area contributed by atoms with E-state index in [9.17, 15) is 13.6 Å². The topological polar surface area (TPSA) is 44.4 Å². The smallest absolute Gasteiger partial charge is 0.349 e. The normalized spacial score (nSPS) is 16.7. The first-order valence-electron chi connectivity index (χ1n) is 7.25. The minimum Gasteiger partial charge on any atom is -0.351 e. The maximum atomic E-state index is 13.9. The molecule has 2 N–H and O–H groups in total. The lowest BCUT2D eigenvalue weighted by molar-refractivity contribution is -0.147. The molecule has 2 rings (SSSR count). The molecule has 1 aromatic rings. The molecule has 4 nitrogen and oxygen atoms in total. The van der Waals surface area contributed by atoms with Crippen LogP contribution in [0.4, 0.5) is 8.78 Å². The second-order valence-electron chi connectivity index (χ2n) is 5.14. The predicted molar refractivity (Wildman–Crippen MR) is 77.3 cm³/mol. The first kappa shape index (κ1) is 15.9. The third-order valence-electron chi connectivity index (χ3n) is 3.57. The van der Waals surface area contributed by atoms with Crippen molar-refractivity contribution in [2.45, 2.75) is 12.3 Å². The lowest BCUT2D eigenvalue weighted by Gasteiger charge is -2.27. The molecule has 1 fully saturated rings. The molecule has 1 saturated heterocycles. The highest BCUT2D eigenvalue weighted by atomic mass is 19.3.